The largest absolute Gasteiger partial charge is 0.449 e. The Bertz CT molecular complexity index is 167. The van der Waals surface area contributed by atoms with Crippen LogP contribution in [0.4, 0.5) is 9.59 Å². The highest BCUT2D eigenvalue weighted by Gasteiger charge is 2.09. The molecule has 70 valence electrons. The van der Waals surface area contributed by atoms with E-state index < -0.39 is 12.2 Å². The zero-order valence-corrected chi connectivity index (χ0v) is 7.42. The predicted molar refractivity (Wildman–Crippen MR) is 41.8 cm³/mol. The number of rotatable bonds is 2. The Balaban J connectivity index is 3.62. The molecule has 0 saturated heterocycles. The Hall–Kier alpha value is -1.26. The monoisotopic (exact) mass is 175 g/mol. The number of carbonyl (C=O) groups is 2. The minimum atomic E-state index is -0.789. The van der Waals surface area contributed by atoms with Crippen LogP contribution in [0.3, 0.4) is 0 Å². The summed E-state index contributed by atoms with van der Waals surface area (Å²) in [4.78, 5) is 21.3. The fourth-order valence-electron chi connectivity index (χ4n) is 0.494. The number of amides is 2. The van der Waals surface area contributed by atoms with Crippen molar-refractivity contribution in [2.75, 3.05) is 6.61 Å². The van der Waals surface area contributed by atoms with Gasteiger partial charge in [-0.2, -0.15) is 0 Å². The molecule has 0 bridgehead atoms. The van der Waals surface area contributed by atoms with Crippen LogP contribution in [0.2, 0.25) is 0 Å². The second kappa shape index (κ2) is 5.40. The third-order valence-electron chi connectivity index (χ3n) is 0.822. The van der Waals surface area contributed by atoms with Crippen LogP contribution in [-0.4, -0.2) is 24.9 Å². The maximum atomic E-state index is 10.7. The molecule has 0 saturated carbocycles. The third-order valence-corrected chi connectivity index (χ3v) is 0.822. The van der Waals surface area contributed by atoms with Crippen molar-refractivity contribution in [2.24, 2.45) is 0 Å². The zero-order chi connectivity index (χ0) is 9.56. The van der Waals surface area contributed by atoms with Gasteiger partial charge >= 0.3 is 12.2 Å². The van der Waals surface area contributed by atoms with E-state index in [2.05, 4.69) is 9.47 Å². The van der Waals surface area contributed by atoms with Crippen molar-refractivity contribution in [1.82, 2.24) is 5.32 Å². The van der Waals surface area contributed by atoms with Crippen molar-refractivity contribution >= 4 is 12.2 Å². The summed E-state index contributed by atoms with van der Waals surface area (Å²) in [6.07, 6.45) is -1.83. The standard InChI is InChI=1S/C7H13NO4/c1-4-11-6(9)8-7(10)12-5(2)3/h5H,4H2,1-3H3,(H,8,9,10). The number of nitrogens with one attached hydrogen (secondary N) is 1. The van der Waals surface area contributed by atoms with Gasteiger partial charge in [0.15, 0.2) is 0 Å². The van der Waals surface area contributed by atoms with Crippen LogP contribution in [0.25, 0.3) is 0 Å². The first-order chi connectivity index (χ1) is 5.56. The highest BCUT2D eigenvalue weighted by atomic mass is 16.6. The summed E-state index contributed by atoms with van der Waals surface area (Å²) in [5.41, 5.74) is 0. The van der Waals surface area contributed by atoms with Crippen molar-refractivity contribution < 1.29 is 19.1 Å². The molecule has 0 radical (unpaired) electrons. The molecule has 0 unspecified atom stereocenters. The molecule has 0 aromatic heterocycles. The lowest BCUT2D eigenvalue weighted by atomic mass is 10.5. The van der Waals surface area contributed by atoms with Crippen molar-refractivity contribution in [3.63, 3.8) is 0 Å². The molecular formula is C7H13NO4. The minimum absolute atomic E-state index is 0.223. The van der Waals surface area contributed by atoms with Crippen molar-refractivity contribution in [2.45, 2.75) is 26.9 Å². The molecule has 12 heavy (non-hydrogen) atoms. The van der Waals surface area contributed by atoms with Crippen LogP contribution in [0, 0.1) is 0 Å². The fraction of sp³-hybridized carbons (Fsp3) is 0.714. The molecule has 0 aromatic rings. The molecular weight excluding hydrogens is 162 g/mol. The lowest BCUT2D eigenvalue weighted by Gasteiger charge is -2.07. The van der Waals surface area contributed by atoms with Gasteiger partial charge in [-0.15, -0.1) is 0 Å². The zero-order valence-electron chi connectivity index (χ0n) is 7.42. The number of hydrogen-bond donors (Lipinski definition) is 1. The van der Waals surface area contributed by atoms with Crippen molar-refractivity contribution in [1.29, 1.82) is 0 Å². The predicted octanol–water partition coefficient (Wildman–Crippen LogP) is 1.28. The Kier molecular flexibility index (Phi) is 4.83. The summed E-state index contributed by atoms with van der Waals surface area (Å²) < 4.78 is 9.06. The molecule has 0 aliphatic rings. The number of alkyl carbamates (subject to hydrolysis) is 2. The molecule has 1 N–H and O–H groups in total. The van der Waals surface area contributed by atoms with E-state index in [1.54, 1.807) is 20.8 Å². The van der Waals surface area contributed by atoms with Crippen LogP contribution >= 0.6 is 0 Å². The number of hydrogen-bond acceptors (Lipinski definition) is 4. The van der Waals surface area contributed by atoms with Crippen molar-refractivity contribution in [3.05, 3.63) is 0 Å². The van der Waals surface area contributed by atoms with Crippen LogP contribution in [0.15, 0.2) is 0 Å². The fourth-order valence-corrected chi connectivity index (χ4v) is 0.494. The Labute approximate surface area is 71.0 Å². The number of carbonyl (C=O) groups excluding carboxylic acids is 2. The molecule has 0 fully saturated rings. The van der Waals surface area contributed by atoms with Crippen LogP contribution in [0.5, 0.6) is 0 Å². The summed E-state index contributed by atoms with van der Waals surface area (Å²) in [7, 11) is 0. The van der Waals surface area contributed by atoms with E-state index in [0.717, 1.165) is 0 Å². The molecule has 0 aromatic carbocycles. The van der Waals surface area contributed by atoms with Gasteiger partial charge in [0, 0.05) is 0 Å². The van der Waals surface area contributed by atoms with Gasteiger partial charge in [0.05, 0.1) is 12.7 Å². The first-order valence-electron chi connectivity index (χ1n) is 3.70. The van der Waals surface area contributed by atoms with Gasteiger partial charge in [0.1, 0.15) is 0 Å². The van der Waals surface area contributed by atoms with E-state index in [4.69, 9.17) is 0 Å². The molecule has 0 atom stereocenters. The van der Waals surface area contributed by atoms with E-state index in [0.29, 0.717) is 0 Å². The SMILES string of the molecule is CCOC(=O)NC(=O)OC(C)C. The van der Waals surface area contributed by atoms with Gasteiger partial charge in [0.25, 0.3) is 0 Å². The Morgan fingerprint density at radius 1 is 1.33 bits per heavy atom. The minimum Gasteiger partial charge on any atom is -0.449 e. The molecule has 2 amide bonds. The highest BCUT2D eigenvalue weighted by molar-refractivity contribution is 5.87. The number of imide groups is 1. The second-order valence-electron chi connectivity index (χ2n) is 2.30. The number of ether oxygens (including phenoxy) is 2. The average molecular weight is 175 g/mol. The van der Waals surface area contributed by atoms with Gasteiger partial charge in [-0.25, -0.2) is 14.9 Å². The summed E-state index contributed by atoms with van der Waals surface area (Å²) in [5.74, 6) is 0. The van der Waals surface area contributed by atoms with Crippen molar-refractivity contribution in [3.8, 4) is 0 Å². The third kappa shape index (κ3) is 5.52. The summed E-state index contributed by atoms with van der Waals surface area (Å²) in [6.45, 7) is 5.24. The van der Waals surface area contributed by atoms with E-state index in [1.165, 1.54) is 0 Å². The van der Waals surface area contributed by atoms with Crippen LogP contribution < -0.4 is 5.32 Å². The molecule has 0 aliphatic carbocycles. The van der Waals surface area contributed by atoms with Gasteiger partial charge in [0.2, 0.25) is 0 Å². The molecule has 0 rings (SSSR count). The Morgan fingerprint density at radius 3 is 2.33 bits per heavy atom. The lowest BCUT2D eigenvalue weighted by molar-refractivity contribution is 0.107. The topological polar surface area (TPSA) is 64.6 Å². The van der Waals surface area contributed by atoms with Crippen LogP contribution in [-0.2, 0) is 9.47 Å². The molecule has 0 aliphatic heterocycles. The van der Waals surface area contributed by atoms with E-state index in [-0.39, 0.29) is 12.7 Å². The highest BCUT2D eigenvalue weighted by Crippen LogP contribution is 1.88. The maximum absolute atomic E-state index is 10.7. The summed E-state index contributed by atoms with van der Waals surface area (Å²) >= 11 is 0. The first kappa shape index (κ1) is 10.7. The second-order valence-corrected chi connectivity index (χ2v) is 2.30. The summed E-state index contributed by atoms with van der Waals surface area (Å²) in [5, 5.41) is 1.89. The smallest absolute Gasteiger partial charge is 0.416 e. The molecule has 5 nitrogen and oxygen atoms in total. The normalized spacial score (nSPS) is 9.33. The molecule has 5 heteroatoms. The molecule has 0 heterocycles. The van der Waals surface area contributed by atoms with Gasteiger partial charge < -0.3 is 9.47 Å². The first-order valence-corrected chi connectivity index (χ1v) is 3.70. The van der Waals surface area contributed by atoms with Gasteiger partial charge in [-0.1, -0.05) is 0 Å². The van der Waals surface area contributed by atoms with Crippen LogP contribution in [0.1, 0.15) is 20.8 Å². The van der Waals surface area contributed by atoms with Gasteiger partial charge in [-0.3, -0.25) is 0 Å². The van der Waals surface area contributed by atoms with Gasteiger partial charge in [-0.05, 0) is 20.8 Å². The van der Waals surface area contributed by atoms with E-state index in [1.807, 2.05) is 5.32 Å². The molecule has 0 spiro atoms. The Morgan fingerprint density at radius 2 is 1.92 bits per heavy atom. The maximum Gasteiger partial charge on any atom is 0.416 e. The summed E-state index contributed by atoms with van der Waals surface area (Å²) in [6, 6.07) is 0. The van der Waals surface area contributed by atoms with E-state index in [9.17, 15) is 9.59 Å². The van der Waals surface area contributed by atoms with E-state index >= 15 is 0 Å². The average Bonchev–Trinajstić information content (AvgIpc) is 1.84. The lowest BCUT2D eigenvalue weighted by Crippen LogP contribution is -2.33. The quantitative estimate of drug-likeness (QED) is 0.686.